The highest BCUT2D eigenvalue weighted by molar-refractivity contribution is 5.98. The number of hydrogen-bond acceptors (Lipinski definition) is 6. The molecule has 2 fully saturated rings. The molecule has 1 saturated heterocycles. The Labute approximate surface area is 283 Å². The minimum absolute atomic E-state index is 0.0613. The van der Waals surface area contributed by atoms with Gasteiger partial charge in [0.1, 0.15) is 29.5 Å². The molecule has 2 aliphatic rings. The van der Waals surface area contributed by atoms with Crippen LogP contribution in [0.2, 0.25) is 0 Å². The van der Waals surface area contributed by atoms with Gasteiger partial charge in [0.05, 0.1) is 12.5 Å². The first-order valence-electron chi connectivity index (χ1n) is 17.3. The van der Waals surface area contributed by atoms with Gasteiger partial charge >= 0.3 is 5.97 Å². The summed E-state index contributed by atoms with van der Waals surface area (Å²) in [6, 6.07) is 22.8. The van der Waals surface area contributed by atoms with Crippen LogP contribution in [0.25, 0.3) is 10.8 Å². The van der Waals surface area contributed by atoms with Crippen LogP contribution in [0, 0.1) is 5.92 Å². The van der Waals surface area contributed by atoms with Crippen LogP contribution in [0.4, 0.5) is 0 Å². The Morgan fingerprint density at radius 3 is 2.29 bits per heavy atom. The van der Waals surface area contributed by atoms with Gasteiger partial charge in [-0.1, -0.05) is 76.8 Å². The molecule has 1 aliphatic carbocycles. The zero-order valence-corrected chi connectivity index (χ0v) is 28.3. The molecule has 0 bridgehead atoms. The van der Waals surface area contributed by atoms with Crippen LogP contribution in [-0.2, 0) is 16.6 Å². The summed E-state index contributed by atoms with van der Waals surface area (Å²) in [5.41, 5.74) is 3.14. The molecule has 1 saturated carbocycles. The number of ether oxygens (including phenoxy) is 2. The lowest BCUT2D eigenvalue weighted by molar-refractivity contribution is -0.137. The van der Waals surface area contributed by atoms with Gasteiger partial charge in [-0.2, -0.15) is 0 Å². The summed E-state index contributed by atoms with van der Waals surface area (Å²) in [7, 11) is 0. The van der Waals surface area contributed by atoms with E-state index in [4.69, 9.17) is 14.5 Å². The number of carboxylic acid groups (broad SMARTS) is 1. The number of rotatable bonds is 12. The first-order chi connectivity index (χ1) is 23.1. The third kappa shape index (κ3) is 8.53. The molecule has 1 aliphatic heterocycles. The fourth-order valence-corrected chi connectivity index (χ4v) is 6.83. The summed E-state index contributed by atoms with van der Waals surface area (Å²) in [5.74, 6) is 1.30. The first kappa shape index (κ1) is 33.5. The standard InChI is InChI=1S/C40H47N3O5/c1-40(2,3)29-13-18-32(19-14-29)48-33-17-12-28-22-37(42-36(34(28)23-33)21-26-7-4-5-8-26)39(46)43-35(24-38(44)45)27-10-15-31(16-11-27)47-25-30-9-6-20-41-30/h10-19,22-23,26,30,35,41H,4-9,20-21,24-25H2,1-3H3,(H,43,46)(H,44,45). The van der Waals surface area contributed by atoms with Gasteiger partial charge < -0.3 is 25.2 Å². The highest BCUT2D eigenvalue weighted by Crippen LogP contribution is 2.34. The van der Waals surface area contributed by atoms with Crippen LogP contribution in [0.3, 0.4) is 0 Å². The van der Waals surface area contributed by atoms with Crippen LogP contribution in [-0.4, -0.2) is 41.2 Å². The molecule has 1 amide bonds. The largest absolute Gasteiger partial charge is 0.492 e. The molecule has 0 radical (unpaired) electrons. The number of benzene rings is 3. The van der Waals surface area contributed by atoms with E-state index in [0.717, 1.165) is 60.9 Å². The Balaban J connectivity index is 1.22. The lowest BCUT2D eigenvalue weighted by atomic mass is 9.87. The molecule has 0 spiro atoms. The zero-order chi connectivity index (χ0) is 33.7. The fourth-order valence-electron chi connectivity index (χ4n) is 6.83. The summed E-state index contributed by atoms with van der Waals surface area (Å²) in [6.45, 7) is 8.17. The van der Waals surface area contributed by atoms with Crippen molar-refractivity contribution in [3.8, 4) is 17.2 Å². The summed E-state index contributed by atoms with van der Waals surface area (Å²) in [5, 5.41) is 17.9. The van der Waals surface area contributed by atoms with Crippen molar-refractivity contribution in [1.82, 2.24) is 15.6 Å². The van der Waals surface area contributed by atoms with Crippen molar-refractivity contribution in [3.63, 3.8) is 0 Å². The molecule has 8 nitrogen and oxygen atoms in total. The number of nitrogens with zero attached hydrogens (tertiary/aromatic N) is 1. The summed E-state index contributed by atoms with van der Waals surface area (Å²) >= 11 is 0. The van der Waals surface area contributed by atoms with E-state index in [9.17, 15) is 14.7 Å². The van der Waals surface area contributed by atoms with Gasteiger partial charge in [0.2, 0.25) is 0 Å². The number of nitrogens with one attached hydrogen (secondary N) is 2. The summed E-state index contributed by atoms with van der Waals surface area (Å²) in [6.07, 6.45) is 7.48. The predicted octanol–water partition coefficient (Wildman–Crippen LogP) is 8.13. The van der Waals surface area contributed by atoms with Crippen molar-refractivity contribution >= 4 is 22.6 Å². The van der Waals surface area contributed by atoms with Crippen LogP contribution in [0.1, 0.15) is 99.1 Å². The molecular formula is C40H47N3O5. The molecular weight excluding hydrogens is 602 g/mol. The van der Waals surface area contributed by atoms with Crippen molar-refractivity contribution in [1.29, 1.82) is 0 Å². The van der Waals surface area contributed by atoms with Gasteiger partial charge in [0.15, 0.2) is 0 Å². The Bertz CT molecular complexity index is 1720. The van der Waals surface area contributed by atoms with Crippen LogP contribution in [0.5, 0.6) is 17.2 Å². The van der Waals surface area contributed by atoms with Crippen LogP contribution >= 0.6 is 0 Å². The maximum Gasteiger partial charge on any atom is 0.305 e. The molecule has 2 heterocycles. The normalized spacial score (nSPS) is 17.4. The minimum Gasteiger partial charge on any atom is -0.492 e. The van der Waals surface area contributed by atoms with Gasteiger partial charge in [-0.05, 0) is 96.1 Å². The van der Waals surface area contributed by atoms with E-state index >= 15 is 0 Å². The monoisotopic (exact) mass is 649 g/mol. The fraction of sp³-hybridized carbons (Fsp3) is 0.425. The smallest absolute Gasteiger partial charge is 0.305 e. The third-order valence-electron chi connectivity index (χ3n) is 9.61. The van der Waals surface area contributed by atoms with Gasteiger partial charge in [-0.3, -0.25) is 9.59 Å². The second-order valence-corrected chi connectivity index (χ2v) is 14.4. The van der Waals surface area contributed by atoms with Gasteiger partial charge in [-0.15, -0.1) is 0 Å². The molecule has 8 heteroatoms. The van der Waals surface area contributed by atoms with E-state index in [1.165, 1.54) is 18.4 Å². The number of carbonyl (C=O) groups is 2. The Morgan fingerprint density at radius 1 is 0.917 bits per heavy atom. The number of carboxylic acids is 1. The molecule has 3 aromatic carbocycles. The SMILES string of the molecule is CC(C)(C)c1ccc(Oc2ccc3cc(C(=O)NC(CC(=O)O)c4ccc(OCC5CCCN5)cc4)nc(CC4CCCC4)c3c2)cc1. The van der Waals surface area contributed by atoms with Gasteiger partial charge in [0.25, 0.3) is 5.91 Å². The van der Waals surface area contributed by atoms with Crippen molar-refractivity contribution < 1.29 is 24.2 Å². The predicted molar refractivity (Wildman–Crippen MR) is 188 cm³/mol. The van der Waals surface area contributed by atoms with Crippen molar-refractivity contribution in [3.05, 3.63) is 95.3 Å². The molecule has 1 aromatic heterocycles. The Kier molecular flexibility index (Phi) is 10.3. The zero-order valence-electron chi connectivity index (χ0n) is 28.3. The lowest BCUT2D eigenvalue weighted by Crippen LogP contribution is -2.31. The van der Waals surface area contributed by atoms with Crippen molar-refractivity contribution in [2.24, 2.45) is 5.92 Å². The van der Waals surface area contributed by atoms with E-state index in [1.807, 2.05) is 54.6 Å². The average molecular weight is 650 g/mol. The number of hydrogen-bond donors (Lipinski definition) is 3. The van der Waals surface area contributed by atoms with E-state index in [2.05, 4.69) is 43.5 Å². The quantitative estimate of drug-likeness (QED) is 0.142. The first-order valence-corrected chi connectivity index (χ1v) is 17.3. The van der Waals surface area contributed by atoms with Gasteiger partial charge in [-0.25, -0.2) is 4.98 Å². The summed E-state index contributed by atoms with van der Waals surface area (Å²) in [4.78, 5) is 30.5. The van der Waals surface area contributed by atoms with Crippen LogP contribution < -0.4 is 20.1 Å². The maximum atomic E-state index is 13.7. The molecule has 48 heavy (non-hydrogen) atoms. The van der Waals surface area contributed by atoms with E-state index in [1.54, 1.807) is 6.07 Å². The number of pyridine rings is 1. The molecule has 3 N–H and O–H groups in total. The van der Waals surface area contributed by atoms with Crippen molar-refractivity contribution in [2.45, 2.75) is 89.6 Å². The van der Waals surface area contributed by atoms with Crippen molar-refractivity contribution in [2.75, 3.05) is 13.2 Å². The molecule has 6 rings (SSSR count). The Morgan fingerprint density at radius 2 is 1.62 bits per heavy atom. The molecule has 252 valence electrons. The molecule has 4 aromatic rings. The van der Waals surface area contributed by atoms with Gasteiger partial charge in [0, 0.05) is 17.1 Å². The topological polar surface area (TPSA) is 110 Å². The number of aliphatic carboxylic acids is 1. The second-order valence-electron chi connectivity index (χ2n) is 14.4. The Hall–Kier alpha value is -4.43. The number of aromatic nitrogens is 1. The summed E-state index contributed by atoms with van der Waals surface area (Å²) < 4.78 is 12.2. The maximum absolute atomic E-state index is 13.7. The molecule has 2 unspecified atom stereocenters. The minimum atomic E-state index is -0.998. The average Bonchev–Trinajstić information content (AvgIpc) is 3.78. The molecule has 2 atom stereocenters. The van der Waals surface area contributed by atoms with E-state index < -0.39 is 17.9 Å². The van der Waals surface area contributed by atoms with E-state index in [0.29, 0.717) is 35.6 Å². The second kappa shape index (κ2) is 14.8. The lowest BCUT2D eigenvalue weighted by Gasteiger charge is -2.20. The third-order valence-corrected chi connectivity index (χ3v) is 9.61. The van der Waals surface area contributed by atoms with Crippen LogP contribution in [0.15, 0.2) is 72.8 Å². The highest BCUT2D eigenvalue weighted by atomic mass is 16.5. The number of carbonyl (C=O) groups excluding carboxylic acids is 1. The highest BCUT2D eigenvalue weighted by Gasteiger charge is 2.23. The number of amides is 1. The number of fused-ring (bicyclic) bond motifs is 1. The van der Waals surface area contributed by atoms with E-state index in [-0.39, 0.29) is 17.5 Å².